The number of rotatable bonds is 2. The third-order valence-electron chi connectivity index (χ3n) is 2.09. The fourth-order valence-corrected chi connectivity index (χ4v) is 1.83. The van der Waals surface area contributed by atoms with Crippen molar-refractivity contribution in [1.29, 1.82) is 0 Å². The highest BCUT2D eigenvalue weighted by atomic mass is 79.9. The molecule has 0 amide bonds. The molecule has 1 heterocycles. The Morgan fingerprint density at radius 2 is 2.25 bits per heavy atom. The first kappa shape index (κ1) is 10.8. The molecule has 0 aliphatic carbocycles. The van der Waals surface area contributed by atoms with Gasteiger partial charge in [0.2, 0.25) is 0 Å². The number of carbonyl (C=O) groups is 1. The molecule has 0 saturated heterocycles. The van der Waals surface area contributed by atoms with E-state index in [0.29, 0.717) is 16.6 Å². The molecule has 2 aromatic rings. The fourth-order valence-electron chi connectivity index (χ4n) is 1.48. The lowest BCUT2D eigenvalue weighted by Gasteiger charge is -2.03. The van der Waals surface area contributed by atoms with Gasteiger partial charge < -0.3 is 10.1 Å². The largest absolute Gasteiger partial charge is 0.481 e. The number of aromatic nitrogens is 2. The zero-order valence-corrected chi connectivity index (χ0v) is 9.61. The first-order valence-electron chi connectivity index (χ1n) is 4.46. The molecule has 0 aliphatic rings. The molecule has 5 nitrogen and oxygen atoms in total. The maximum atomic E-state index is 11.2. The second-order valence-corrected chi connectivity index (χ2v) is 4.17. The Labute approximate surface area is 98.3 Å². The van der Waals surface area contributed by atoms with Gasteiger partial charge in [-0.05, 0) is 18.2 Å². The molecule has 0 unspecified atom stereocenters. The van der Waals surface area contributed by atoms with E-state index in [9.17, 15) is 9.59 Å². The molecule has 1 aromatic carbocycles. The van der Waals surface area contributed by atoms with Crippen LogP contribution in [0.2, 0.25) is 0 Å². The van der Waals surface area contributed by atoms with Gasteiger partial charge in [0.15, 0.2) is 0 Å². The summed E-state index contributed by atoms with van der Waals surface area (Å²) in [6, 6.07) is 5.17. The zero-order chi connectivity index (χ0) is 11.7. The number of nitrogens with zero attached hydrogens (tertiary/aromatic N) is 1. The minimum absolute atomic E-state index is 0.226. The topological polar surface area (TPSA) is 83.0 Å². The summed E-state index contributed by atoms with van der Waals surface area (Å²) in [5.41, 5.74) is 0.311. The van der Waals surface area contributed by atoms with E-state index in [2.05, 4.69) is 25.9 Å². The van der Waals surface area contributed by atoms with Crippen molar-refractivity contribution in [1.82, 2.24) is 9.97 Å². The number of hydrogen-bond acceptors (Lipinski definition) is 3. The third-order valence-corrected chi connectivity index (χ3v) is 2.59. The van der Waals surface area contributed by atoms with Gasteiger partial charge in [0, 0.05) is 15.6 Å². The number of H-pyrrole nitrogens is 1. The number of aliphatic carboxylic acids is 1. The Bertz CT molecular complexity index is 621. The predicted molar refractivity (Wildman–Crippen MR) is 61.4 cm³/mol. The van der Waals surface area contributed by atoms with Crippen molar-refractivity contribution >= 4 is 32.8 Å². The van der Waals surface area contributed by atoms with E-state index in [0.717, 1.165) is 4.47 Å². The second-order valence-electron chi connectivity index (χ2n) is 3.25. The lowest BCUT2D eigenvalue weighted by molar-refractivity contribution is -0.136. The van der Waals surface area contributed by atoms with E-state index < -0.39 is 11.7 Å². The van der Waals surface area contributed by atoms with Gasteiger partial charge in [-0.15, -0.1) is 0 Å². The second kappa shape index (κ2) is 4.05. The Morgan fingerprint density at radius 1 is 1.50 bits per heavy atom. The average molecular weight is 283 g/mol. The van der Waals surface area contributed by atoms with Crippen LogP contribution < -0.4 is 5.69 Å². The lowest BCUT2D eigenvalue weighted by atomic mass is 10.1. The molecule has 2 N–H and O–H groups in total. The third kappa shape index (κ3) is 2.11. The van der Waals surface area contributed by atoms with Crippen molar-refractivity contribution in [2.75, 3.05) is 0 Å². The minimum atomic E-state index is -0.994. The van der Waals surface area contributed by atoms with E-state index in [1.807, 2.05) is 0 Å². The number of carboxylic acids is 1. The van der Waals surface area contributed by atoms with Crippen molar-refractivity contribution in [3.8, 4) is 0 Å². The SMILES string of the molecule is O=C(O)Cc1[nH]c(=O)nc2cc(Br)ccc12. The highest BCUT2D eigenvalue weighted by Gasteiger charge is 2.08. The van der Waals surface area contributed by atoms with Crippen molar-refractivity contribution < 1.29 is 9.90 Å². The molecule has 0 bridgehead atoms. The molecule has 0 spiro atoms. The summed E-state index contributed by atoms with van der Waals surface area (Å²) in [6.45, 7) is 0. The average Bonchev–Trinajstić information content (AvgIpc) is 2.15. The lowest BCUT2D eigenvalue weighted by Crippen LogP contribution is -2.15. The molecule has 82 valence electrons. The number of aromatic amines is 1. The Hall–Kier alpha value is -1.69. The Kier molecular flexibility index (Phi) is 2.74. The first-order chi connectivity index (χ1) is 7.56. The van der Waals surface area contributed by atoms with Gasteiger partial charge in [0.1, 0.15) is 0 Å². The van der Waals surface area contributed by atoms with Crippen LogP contribution in [-0.4, -0.2) is 21.0 Å². The van der Waals surface area contributed by atoms with E-state index in [1.54, 1.807) is 18.2 Å². The summed E-state index contributed by atoms with van der Waals surface area (Å²) in [5.74, 6) is -0.994. The minimum Gasteiger partial charge on any atom is -0.481 e. The van der Waals surface area contributed by atoms with Gasteiger partial charge in [0.05, 0.1) is 11.9 Å². The van der Waals surface area contributed by atoms with Crippen LogP contribution in [0.25, 0.3) is 10.9 Å². The summed E-state index contributed by atoms with van der Waals surface area (Å²) in [6.07, 6.45) is -0.226. The normalized spacial score (nSPS) is 10.6. The number of fused-ring (bicyclic) bond motifs is 1. The zero-order valence-electron chi connectivity index (χ0n) is 8.03. The molecule has 6 heteroatoms. The van der Waals surface area contributed by atoms with Crippen molar-refractivity contribution in [2.24, 2.45) is 0 Å². The van der Waals surface area contributed by atoms with Crippen LogP contribution in [0, 0.1) is 0 Å². The number of benzene rings is 1. The van der Waals surface area contributed by atoms with Crippen molar-refractivity contribution in [3.63, 3.8) is 0 Å². The molecule has 0 atom stereocenters. The quantitative estimate of drug-likeness (QED) is 0.870. The number of hydrogen-bond donors (Lipinski definition) is 2. The monoisotopic (exact) mass is 282 g/mol. The molecule has 1 aromatic heterocycles. The van der Waals surface area contributed by atoms with E-state index in [4.69, 9.17) is 5.11 Å². The van der Waals surface area contributed by atoms with Crippen LogP contribution in [0.3, 0.4) is 0 Å². The summed E-state index contributed by atoms with van der Waals surface area (Å²) in [4.78, 5) is 28.1. The maximum Gasteiger partial charge on any atom is 0.345 e. The predicted octanol–water partition coefficient (Wildman–Crippen LogP) is 1.31. The first-order valence-corrected chi connectivity index (χ1v) is 5.26. The smallest absolute Gasteiger partial charge is 0.345 e. The van der Waals surface area contributed by atoms with Crippen LogP contribution in [0.1, 0.15) is 5.69 Å². The van der Waals surface area contributed by atoms with Crippen LogP contribution >= 0.6 is 15.9 Å². The number of carboxylic acid groups (broad SMARTS) is 1. The molecular formula is C10H7BrN2O3. The summed E-state index contributed by atoms with van der Waals surface area (Å²) in [7, 11) is 0. The highest BCUT2D eigenvalue weighted by Crippen LogP contribution is 2.19. The van der Waals surface area contributed by atoms with Crippen LogP contribution in [0.4, 0.5) is 0 Å². The van der Waals surface area contributed by atoms with E-state index >= 15 is 0 Å². The number of halogens is 1. The van der Waals surface area contributed by atoms with E-state index in [1.165, 1.54) is 0 Å². The Morgan fingerprint density at radius 3 is 2.94 bits per heavy atom. The molecule has 2 rings (SSSR count). The van der Waals surface area contributed by atoms with Gasteiger partial charge >= 0.3 is 11.7 Å². The molecule has 0 saturated carbocycles. The van der Waals surface area contributed by atoms with E-state index in [-0.39, 0.29) is 6.42 Å². The van der Waals surface area contributed by atoms with Gasteiger partial charge in [-0.2, -0.15) is 4.98 Å². The molecular weight excluding hydrogens is 276 g/mol. The van der Waals surface area contributed by atoms with Gasteiger partial charge in [0.25, 0.3) is 0 Å². The summed E-state index contributed by atoms with van der Waals surface area (Å²) in [5, 5.41) is 9.36. The summed E-state index contributed by atoms with van der Waals surface area (Å²) < 4.78 is 0.791. The van der Waals surface area contributed by atoms with Crippen molar-refractivity contribution in [3.05, 3.63) is 38.9 Å². The molecule has 16 heavy (non-hydrogen) atoms. The van der Waals surface area contributed by atoms with Gasteiger partial charge in [-0.3, -0.25) is 4.79 Å². The number of nitrogens with one attached hydrogen (secondary N) is 1. The van der Waals surface area contributed by atoms with Crippen LogP contribution in [0.5, 0.6) is 0 Å². The van der Waals surface area contributed by atoms with Crippen LogP contribution in [-0.2, 0) is 11.2 Å². The highest BCUT2D eigenvalue weighted by molar-refractivity contribution is 9.10. The fraction of sp³-hybridized carbons (Fsp3) is 0.100. The maximum absolute atomic E-state index is 11.2. The molecule has 0 radical (unpaired) electrons. The standard InChI is InChI=1S/C10H7BrN2O3/c11-5-1-2-6-7(3-5)12-10(16)13-8(6)4-9(14)15/h1-3H,4H2,(H,14,15)(H,12,13,16). The molecule has 0 fully saturated rings. The van der Waals surface area contributed by atoms with Crippen LogP contribution in [0.15, 0.2) is 27.5 Å². The van der Waals surface area contributed by atoms with Gasteiger partial charge in [-0.25, -0.2) is 4.79 Å². The Balaban J connectivity index is 2.72. The van der Waals surface area contributed by atoms with Crippen molar-refractivity contribution in [2.45, 2.75) is 6.42 Å². The molecule has 0 aliphatic heterocycles. The van der Waals surface area contributed by atoms with Gasteiger partial charge in [-0.1, -0.05) is 15.9 Å². The summed E-state index contributed by atoms with van der Waals surface area (Å²) >= 11 is 3.26.